The summed E-state index contributed by atoms with van der Waals surface area (Å²) in [5.41, 5.74) is -1.14. The zero-order valence-corrected chi connectivity index (χ0v) is 9.59. The van der Waals surface area contributed by atoms with Crippen molar-refractivity contribution in [2.45, 2.75) is 6.18 Å². The van der Waals surface area contributed by atoms with E-state index in [4.69, 9.17) is 0 Å². The maximum atomic E-state index is 13.1. The van der Waals surface area contributed by atoms with Crippen LogP contribution in [0.25, 0.3) is 5.69 Å². The Balaban J connectivity index is 2.54. The molecule has 0 bridgehead atoms. The van der Waals surface area contributed by atoms with Crippen LogP contribution in [-0.2, 0) is 6.18 Å². The minimum absolute atomic E-state index is 0.0123. The van der Waals surface area contributed by atoms with Gasteiger partial charge in [0.2, 0.25) is 0 Å². The summed E-state index contributed by atoms with van der Waals surface area (Å²) in [6.45, 7) is 0. The second-order valence-electron chi connectivity index (χ2n) is 3.67. The van der Waals surface area contributed by atoms with E-state index >= 15 is 0 Å². The summed E-state index contributed by atoms with van der Waals surface area (Å²) in [6, 6.07) is 3.50. The van der Waals surface area contributed by atoms with Crippen LogP contribution in [0.2, 0.25) is 0 Å². The third kappa shape index (κ3) is 2.51. The number of anilines is 1. The summed E-state index contributed by atoms with van der Waals surface area (Å²) < 4.78 is 64.3. The van der Waals surface area contributed by atoms with Crippen molar-refractivity contribution >= 4 is 5.82 Å². The van der Waals surface area contributed by atoms with Crippen molar-refractivity contribution in [2.24, 2.45) is 0 Å². The second kappa shape index (κ2) is 4.52. The van der Waals surface area contributed by atoms with Crippen LogP contribution < -0.4 is 5.32 Å². The summed E-state index contributed by atoms with van der Waals surface area (Å²) in [5.74, 6) is -2.24. The molecule has 8 heteroatoms. The van der Waals surface area contributed by atoms with E-state index in [0.29, 0.717) is 0 Å². The van der Waals surface area contributed by atoms with Gasteiger partial charge in [0, 0.05) is 19.2 Å². The fraction of sp³-hybridized carbons (Fsp3) is 0.182. The van der Waals surface area contributed by atoms with Crippen LogP contribution >= 0.6 is 0 Å². The largest absolute Gasteiger partial charge is 0.435 e. The van der Waals surface area contributed by atoms with E-state index in [2.05, 4.69) is 10.4 Å². The quantitative estimate of drug-likeness (QED) is 0.854. The first-order valence-electron chi connectivity index (χ1n) is 5.13. The topological polar surface area (TPSA) is 29.9 Å². The van der Waals surface area contributed by atoms with E-state index in [1.54, 1.807) is 0 Å². The highest BCUT2D eigenvalue weighted by molar-refractivity contribution is 5.46. The molecule has 3 nitrogen and oxygen atoms in total. The molecular formula is C11H8F5N3. The average molecular weight is 277 g/mol. The van der Waals surface area contributed by atoms with Gasteiger partial charge in [-0.1, -0.05) is 0 Å². The zero-order chi connectivity index (χ0) is 14.2. The van der Waals surface area contributed by atoms with Gasteiger partial charge < -0.3 is 5.32 Å². The van der Waals surface area contributed by atoms with Gasteiger partial charge in [-0.05, 0) is 12.1 Å². The fourth-order valence-electron chi connectivity index (χ4n) is 1.51. The maximum absolute atomic E-state index is 13.1. The number of rotatable bonds is 2. The summed E-state index contributed by atoms with van der Waals surface area (Å²) in [5, 5.41) is 5.84. The maximum Gasteiger partial charge on any atom is 0.435 e. The highest BCUT2D eigenvalue weighted by Crippen LogP contribution is 2.31. The first kappa shape index (κ1) is 13.3. The Labute approximate surface area is 104 Å². The molecule has 0 radical (unpaired) electrons. The minimum atomic E-state index is -4.62. The molecule has 0 fully saturated rings. The van der Waals surface area contributed by atoms with Crippen molar-refractivity contribution in [3.05, 3.63) is 41.6 Å². The standard InChI is InChI=1S/C11H8F5N3/c1-17-10-5-9(11(14,15)16)18-19(10)6-2-3-7(12)8(13)4-6/h2-5,17H,1H3. The Bertz CT molecular complexity index is 603. The van der Waals surface area contributed by atoms with Gasteiger partial charge in [-0.3, -0.25) is 0 Å². The number of benzene rings is 1. The Kier molecular flexibility index (Phi) is 3.17. The Morgan fingerprint density at radius 3 is 2.32 bits per heavy atom. The lowest BCUT2D eigenvalue weighted by Gasteiger charge is -2.06. The lowest BCUT2D eigenvalue weighted by molar-refractivity contribution is -0.141. The van der Waals surface area contributed by atoms with Gasteiger partial charge in [0.25, 0.3) is 0 Å². The van der Waals surface area contributed by atoms with E-state index in [-0.39, 0.29) is 11.5 Å². The highest BCUT2D eigenvalue weighted by atomic mass is 19.4. The van der Waals surface area contributed by atoms with E-state index in [9.17, 15) is 22.0 Å². The molecular weight excluding hydrogens is 269 g/mol. The molecule has 0 aliphatic heterocycles. The SMILES string of the molecule is CNc1cc(C(F)(F)F)nn1-c1ccc(F)c(F)c1. The molecule has 0 spiro atoms. The molecule has 0 unspecified atom stereocenters. The summed E-state index contributed by atoms with van der Waals surface area (Å²) >= 11 is 0. The predicted molar refractivity (Wildman–Crippen MR) is 58.0 cm³/mol. The third-order valence-electron chi connectivity index (χ3n) is 2.40. The number of hydrogen-bond donors (Lipinski definition) is 1. The van der Waals surface area contributed by atoms with E-state index in [1.807, 2.05) is 0 Å². The minimum Gasteiger partial charge on any atom is -0.373 e. The molecule has 1 aromatic carbocycles. The lowest BCUT2D eigenvalue weighted by Crippen LogP contribution is -2.08. The molecule has 2 aromatic rings. The van der Waals surface area contributed by atoms with Gasteiger partial charge in [0.1, 0.15) is 5.82 Å². The smallest absolute Gasteiger partial charge is 0.373 e. The van der Waals surface area contributed by atoms with Crippen molar-refractivity contribution < 1.29 is 22.0 Å². The lowest BCUT2D eigenvalue weighted by atomic mass is 10.3. The third-order valence-corrected chi connectivity index (χ3v) is 2.40. The van der Waals surface area contributed by atoms with Gasteiger partial charge in [-0.25, -0.2) is 13.5 Å². The number of aromatic nitrogens is 2. The average Bonchev–Trinajstić information content (AvgIpc) is 2.76. The number of nitrogens with one attached hydrogen (secondary N) is 1. The Morgan fingerprint density at radius 1 is 1.11 bits per heavy atom. The molecule has 0 saturated carbocycles. The summed E-state index contributed by atoms with van der Waals surface area (Å²) in [6.07, 6.45) is -4.62. The molecule has 102 valence electrons. The van der Waals surface area contributed by atoms with Crippen molar-refractivity contribution in [1.29, 1.82) is 0 Å². The fourth-order valence-corrected chi connectivity index (χ4v) is 1.51. The highest BCUT2D eigenvalue weighted by Gasteiger charge is 2.35. The number of hydrogen-bond acceptors (Lipinski definition) is 2. The molecule has 0 amide bonds. The van der Waals surface area contributed by atoms with Crippen LogP contribution in [0.15, 0.2) is 24.3 Å². The van der Waals surface area contributed by atoms with E-state index in [0.717, 1.165) is 28.9 Å². The van der Waals surface area contributed by atoms with Crippen molar-refractivity contribution in [2.75, 3.05) is 12.4 Å². The molecule has 0 atom stereocenters. The molecule has 1 N–H and O–H groups in total. The van der Waals surface area contributed by atoms with Gasteiger partial charge in [0.15, 0.2) is 17.3 Å². The number of nitrogens with zero attached hydrogens (tertiary/aromatic N) is 2. The van der Waals surface area contributed by atoms with Gasteiger partial charge >= 0.3 is 6.18 Å². The molecule has 2 rings (SSSR count). The molecule has 1 heterocycles. The molecule has 0 aliphatic carbocycles. The van der Waals surface area contributed by atoms with Crippen LogP contribution in [0, 0.1) is 11.6 Å². The first-order valence-corrected chi connectivity index (χ1v) is 5.13. The molecule has 0 aliphatic rings. The van der Waals surface area contributed by atoms with Gasteiger partial charge in [0.05, 0.1) is 5.69 Å². The van der Waals surface area contributed by atoms with Gasteiger partial charge in [-0.15, -0.1) is 0 Å². The second-order valence-corrected chi connectivity index (χ2v) is 3.67. The monoisotopic (exact) mass is 277 g/mol. The Hall–Kier alpha value is -2.12. The van der Waals surface area contributed by atoms with Crippen molar-refractivity contribution in [3.8, 4) is 5.69 Å². The molecule has 1 aromatic heterocycles. The van der Waals surface area contributed by atoms with E-state index in [1.165, 1.54) is 7.05 Å². The van der Waals surface area contributed by atoms with Crippen LogP contribution in [0.5, 0.6) is 0 Å². The number of alkyl halides is 3. The Morgan fingerprint density at radius 2 is 1.79 bits per heavy atom. The van der Waals surface area contributed by atoms with Crippen LogP contribution in [-0.4, -0.2) is 16.8 Å². The predicted octanol–water partition coefficient (Wildman–Crippen LogP) is 3.21. The van der Waals surface area contributed by atoms with Gasteiger partial charge in [-0.2, -0.15) is 18.3 Å². The van der Waals surface area contributed by atoms with Crippen molar-refractivity contribution in [1.82, 2.24) is 9.78 Å². The van der Waals surface area contributed by atoms with Crippen molar-refractivity contribution in [3.63, 3.8) is 0 Å². The number of halogens is 5. The molecule has 19 heavy (non-hydrogen) atoms. The molecule has 0 saturated heterocycles. The normalized spacial score (nSPS) is 11.7. The van der Waals surface area contributed by atoms with Crippen LogP contribution in [0.3, 0.4) is 0 Å². The summed E-state index contributed by atoms with van der Waals surface area (Å²) in [7, 11) is 1.40. The van der Waals surface area contributed by atoms with E-state index < -0.39 is 23.5 Å². The zero-order valence-electron chi connectivity index (χ0n) is 9.59. The summed E-state index contributed by atoms with van der Waals surface area (Å²) in [4.78, 5) is 0. The first-order chi connectivity index (χ1) is 8.82. The van der Waals surface area contributed by atoms with Crippen LogP contribution in [0.1, 0.15) is 5.69 Å². The van der Waals surface area contributed by atoms with Crippen LogP contribution in [0.4, 0.5) is 27.8 Å².